The minimum Gasteiger partial charge on any atom is -0.393 e. The predicted octanol–water partition coefficient (Wildman–Crippen LogP) is 1.29. The minimum atomic E-state index is -0.503. The summed E-state index contributed by atoms with van der Waals surface area (Å²) in [5, 5.41) is 0. The summed E-state index contributed by atoms with van der Waals surface area (Å²) in [7, 11) is 0. The molecule has 13 heavy (non-hydrogen) atoms. The lowest BCUT2D eigenvalue weighted by molar-refractivity contribution is -0.161. The molecule has 2 bridgehead atoms. The van der Waals surface area contributed by atoms with E-state index in [9.17, 15) is 9.59 Å². The fourth-order valence-corrected chi connectivity index (χ4v) is 2.27. The van der Waals surface area contributed by atoms with Crippen molar-refractivity contribution in [3.63, 3.8) is 0 Å². The first-order chi connectivity index (χ1) is 6.16. The van der Waals surface area contributed by atoms with Crippen molar-refractivity contribution in [2.24, 2.45) is 17.8 Å². The fourth-order valence-electron chi connectivity index (χ4n) is 2.27. The maximum absolute atomic E-state index is 11.4. The van der Waals surface area contributed by atoms with Crippen LogP contribution in [0.1, 0.15) is 19.8 Å². The Morgan fingerprint density at radius 3 is 2.54 bits per heavy atom. The van der Waals surface area contributed by atoms with E-state index in [0.29, 0.717) is 11.8 Å². The Bertz CT molecular complexity index is 280. The highest BCUT2D eigenvalue weighted by Gasteiger charge is 2.41. The van der Waals surface area contributed by atoms with Crippen LogP contribution >= 0.6 is 0 Å². The van der Waals surface area contributed by atoms with Crippen LogP contribution in [0.15, 0.2) is 12.2 Å². The van der Waals surface area contributed by atoms with Gasteiger partial charge in [0.1, 0.15) is 0 Å². The molecule has 0 amide bonds. The summed E-state index contributed by atoms with van der Waals surface area (Å²) < 4.78 is 4.58. The van der Waals surface area contributed by atoms with Gasteiger partial charge in [0.05, 0.1) is 5.92 Å². The van der Waals surface area contributed by atoms with Crippen LogP contribution in [0.25, 0.3) is 0 Å². The number of allylic oxidation sites excluding steroid dienone is 2. The zero-order valence-corrected chi connectivity index (χ0v) is 7.53. The Hall–Kier alpha value is -1.12. The Morgan fingerprint density at radius 1 is 1.31 bits per heavy atom. The Kier molecular flexibility index (Phi) is 1.94. The third kappa shape index (κ3) is 1.50. The van der Waals surface area contributed by atoms with Crippen LogP contribution < -0.4 is 0 Å². The van der Waals surface area contributed by atoms with Gasteiger partial charge in [-0.1, -0.05) is 12.2 Å². The van der Waals surface area contributed by atoms with Gasteiger partial charge in [-0.3, -0.25) is 9.59 Å². The molecule has 0 aromatic heterocycles. The van der Waals surface area contributed by atoms with Crippen molar-refractivity contribution < 1.29 is 14.3 Å². The number of hydrogen-bond donors (Lipinski definition) is 0. The van der Waals surface area contributed by atoms with Crippen LogP contribution in [0.4, 0.5) is 0 Å². The quantitative estimate of drug-likeness (QED) is 0.347. The second-order valence-electron chi connectivity index (χ2n) is 3.80. The second-order valence-corrected chi connectivity index (χ2v) is 3.80. The molecule has 0 spiro atoms. The molecule has 3 atom stereocenters. The highest BCUT2D eigenvalue weighted by atomic mass is 16.6. The van der Waals surface area contributed by atoms with E-state index in [2.05, 4.69) is 16.9 Å². The zero-order valence-electron chi connectivity index (χ0n) is 7.53. The molecule has 0 N–H and O–H groups in total. The normalized spacial score (nSPS) is 35.0. The monoisotopic (exact) mass is 180 g/mol. The standard InChI is InChI=1S/C10H12O3/c1-6(11)13-10(12)9-5-7-2-3-8(9)4-7/h2-3,7-9H,4-5H2,1H3. The maximum atomic E-state index is 11.4. The Morgan fingerprint density at radius 2 is 2.08 bits per heavy atom. The lowest BCUT2D eigenvalue weighted by Gasteiger charge is -2.14. The average Bonchev–Trinajstić information content (AvgIpc) is 2.62. The van der Waals surface area contributed by atoms with Gasteiger partial charge in [-0.2, -0.15) is 0 Å². The second kappa shape index (κ2) is 2.98. The molecular formula is C10H12O3. The molecule has 3 nitrogen and oxygen atoms in total. The van der Waals surface area contributed by atoms with Crippen LogP contribution in [0.5, 0.6) is 0 Å². The van der Waals surface area contributed by atoms with Gasteiger partial charge in [-0.05, 0) is 24.7 Å². The Labute approximate surface area is 76.8 Å². The zero-order chi connectivity index (χ0) is 9.42. The number of carbonyl (C=O) groups excluding carboxylic acids is 2. The van der Waals surface area contributed by atoms with E-state index >= 15 is 0 Å². The van der Waals surface area contributed by atoms with Crippen molar-refractivity contribution >= 4 is 11.9 Å². The third-order valence-electron chi connectivity index (χ3n) is 2.83. The van der Waals surface area contributed by atoms with E-state index in [0.717, 1.165) is 12.8 Å². The van der Waals surface area contributed by atoms with Crippen LogP contribution in [-0.2, 0) is 14.3 Å². The van der Waals surface area contributed by atoms with Crippen molar-refractivity contribution in [2.45, 2.75) is 19.8 Å². The van der Waals surface area contributed by atoms with Crippen molar-refractivity contribution in [3.8, 4) is 0 Å². The highest BCUT2D eigenvalue weighted by Crippen LogP contribution is 2.43. The van der Waals surface area contributed by atoms with E-state index in [1.165, 1.54) is 6.92 Å². The first-order valence-corrected chi connectivity index (χ1v) is 4.57. The topological polar surface area (TPSA) is 43.4 Å². The van der Waals surface area contributed by atoms with Gasteiger partial charge in [-0.25, -0.2) is 0 Å². The molecule has 0 aromatic rings. The van der Waals surface area contributed by atoms with Crippen molar-refractivity contribution in [1.82, 2.24) is 0 Å². The minimum absolute atomic E-state index is 0.0705. The largest absolute Gasteiger partial charge is 0.393 e. The number of hydrogen-bond acceptors (Lipinski definition) is 3. The first-order valence-electron chi connectivity index (χ1n) is 4.57. The van der Waals surface area contributed by atoms with E-state index < -0.39 is 5.97 Å². The van der Waals surface area contributed by atoms with Crippen LogP contribution in [0.3, 0.4) is 0 Å². The van der Waals surface area contributed by atoms with Crippen LogP contribution in [0.2, 0.25) is 0 Å². The molecule has 0 saturated heterocycles. The molecule has 3 heteroatoms. The van der Waals surface area contributed by atoms with Gasteiger partial charge in [0.15, 0.2) is 0 Å². The van der Waals surface area contributed by atoms with Crippen molar-refractivity contribution in [3.05, 3.63) is 12.2 Å². The lowest BCUT2D eigenvalue weighted by atomic mass is 9.94. The predicted molar refractivity (Wildman–Crippen MR) is 45.6 cm³/mol. The van der Waals surface area contributed by atoms with Gasteiger partial charge in [0, 0.05) is 6.92 Å². The number of ether oxygens (including phenoxy) is 1. The molecule has 1 fully saturated rings. The molecule has 0 heterocycles. The molecule has 0 aromatic carbocycles. The summed E-state index contributed by atoms with van der Waals surface area (Å²) in [6.07, 6.45) is 6.13. The van der Waals surface area contributed by atoms with Gasteiger partial charge in [0.2, 0.25) is 0 Å². The molecular weight excluding hydrogens is 168 g/mol. The summed E-state index contributed by atoms with van der Waals surface area (Å²) in [5.74, 6) is -0.0636. The molecule has 2 rings (SSSR count). The third-order valence-corrected chi connectivity index (χ3v) is 2.83. The molecule has 1 saturated carbocycles. The van der Waals surface area contributed by atoms with Crippen LogP contribution in [-0.4, -0.2) is 11.9 Å². The van der Waals surface area contributed by atoms with Crippen molar-refractivity contribution in [1.29, 1.82) is 0 Å². The first kappa shape index (κ1) is 8.48. The highest BCUT2D eigenvalue weighted by molar-refractivity contribution is 5.86. The van der Waals surface area contributed by atoms with Crippen LogP contribution in [0, 0.1) is 17.8 Å². The van der Waals surface area contributed by atoms with Gasteiger partial charge in [0.25, 0.3) is 0 Å². The molecule has 2 aliphatic rings. The molecule has 0 aliphatic heterocycles. The SMILES string of the molecule is CC(=O)OC(=O)C1CC2C=CC1C2. The number of fused-ring (bicyclic) bond motifs is 2. The van der Waals surface area contributed by atoms with Gasteiger partial charge >= 0.3 is 11.9 Å². The summed E-state index contributed by atoms with van der Waals surface area (Å²) in [5.41, 5.74) is 0. The van der Waals surface area contributed by atoms with E-state index in [1.54, 1.807) is 0 Å². The van der Waals surface area contributed by atoms with Gasteiger partial charge < -0.3 is 4.74 Å². The summed E-state index contributed by atoms with van der Waals surface area (Å²) in [4.78, 5) is 21.9. The number of carbonyl (C=O) groups is 2. The molecule has 3 unspecified atom stereocenters. The molecule has 0 radical (unpaired) electrons. The molecule has 2 aliphatic carbocycles. The fraction of sp³-hybridized carbons (Fsp3) is 0.600. The average molecular weight is 180 g/mol. The van der Waals surface area contributed by atoms with Gasteiger partial charge in [-0.15, -0.1) is 0 Å². The molecule has 70 valence electrons. The summed E-state index contributed by atoms with van der Waals surface area (Å²) in [6, 6.07) is 0. The van der Waals surface area contributed by atoms with E-state index in [1.807, 2.05) is 0 Å². The van der Waals surface area contributed by atoms with Crippen molar-refractivity contribution in [2.75, 3.05) is 0 Å². The van der Waals surface area contributed by atoms with E-state index in [-0.39, 0.29) is 11.9 Å². The Balaban J connectivity index is 1.99. The number of rotatable bonds is 1. The smallest absolute Gasteiger partial charge is 0.317 e. The lowest BCUT2D eigenvalue weighted by Crippen LogP contribution is -2.23. The maximum Gasteiger partial charge on any atom is 0.317 e. The summed E-state index contributed by atoms with van der Waals surface area (Å²) >= 11 is 0. The van der Waals surface area contributed by atoms with E-state index in [4.69, 9.17) is 0 Å². The summed E-state index contributed by atoms with van der Waals surface area (Å²) in [6.45, 7) is 1.26. The number of esters is 2.